The largest absolute Gasteiger partial charge is 0.390 e. The minimum atomic E-state index is -3.26. The Bertz CT molecular complexity index is 287. The van der Waals surface area contributed by atoms with Crippen LogP contribution in [0.3, 0.4) is 0 Å². The molecule has 78 valence electrons. The molecule has 0 amide bonds. The molecule has 2 nitrogen and oxygen atoms in total. The lowest BCUT2D eigenvalue weighted by molar-refractivity contribution is 0.0134. The number of rotatable bonds is 4. The van der Waals surface area contributed by atoms with Crippen molar-refractivity contribution in [2.45, 2.75) is 26.2 Å². The number of halogens is 2. The first-order chi connectivity index (χ1) is 6.44. The van der Waals surface area contributed by atoms with Gasteiger partial charge in [-0.3, -0.25) is 4.99 Å². The molecular formula is C10H13F2NO. The predicted octanol–water partition coefficient (Wildman–Crippen LogP) is 2.00. The lowest BCUT2D eigenvalue weighted by Crippen LogP contribution is -2.30. The van der Waals surface area contributed by atoms with Crippen molar-refractivity contribution < 1.29 is 13.9 Å². The Balaban J connectivity index is 4.55. The molecule has 0 atom stereocenters. The van der Waals surface area contributed by atoms with E-state index in [2.05, 4.69) is 10.9 Å². The Morgan fingerprint density at radius 3 is 2.57 bits per heavy atom. The zero-order valence-electron chi connectivity index (χ0n) is 8.22. The number of hydrogen-bond acceptors (Lipinski definition) is 2. The van der Waals surface area contributed by atoms with Crippen LogP contribution >= 0.6 is 0 Å². The van der Waals surface area contributed by atoms with E-state index in [1.54, 1.807) is 6.92 Å². The van der Waals surface area contributed by atoms with E-state index in [0.29, 0.717) is 6.42 Å². The molecule has 0 aromatic carbocycles. The van der Waals surface area contributed by atoms with Gasteiger partial charge in [-0.1, -0.05) is 0 Å². The lowest BCUT2D eigenvalue weighted by Gasteiger charge is -2.11. The Labute approximate surface area is 82.4 Å². The second kappa shape index (κ2) is 5.51. The van der Waals surface area contributed by atoms with Gasteiger partial charge >= 0.3 is 5.92 Å². The summed E-state index contributed by atoms with van der Waals surface area (Å²) in [5.74, 6) is -0.888. The van der Waals surface area contributed by atoms with Crippen LogP contribution in [-0.2, 0) is 0 Å². The molecule has 0 fully saturated rings. The molecule has 0 radical (unpaired) electrons. The number of aliphatic imine (C=N–C) groups is 1. The second-order valence-corrected chi connectivity index (χ2v) is 2.93. The molecule has 0 saturated carbocycles. The first-order valence-electron chi connectivity index (χ1n) is 4.06. The zero-order valence-corrected chi connectivity index (χ0v) is 8.22. The van der Waals surface area contributed by atoms with Crippen LogP contribution in [-0.4, -0.2) is 23.3 Å². The quantitative estimate of drug-likeness (QED) is 0.547. The fraction of sp³-hybridized carbons (Fsp3) is 0.500. The molecule has 14 heavy (non-hydrogen) atoms. The summed E-state index contributed by atoms with van der Waals surface area (Å²) in [6, 6.07) is 0. The molecule has 0 saturated heterocycles. The first kappa shape index (κ1) is 12.8. The summed E-state index contributed by atoms with van der Waals surface area (Å²) in [5, 5.41) is 8.35. The van der Waals surface area contributed by atoms with E-state index in [4.69, 9.17) is 11.5 Å². The molecule has 0 heterocycles. The van der Waals surface area contributed by atoms with Gasteiger partial charge in [0.15, 0.2) is 0 Å². The van der Waals surface area contributed by atoms with Crippen molar-refractivity contribution in [1.82, 2.24) is 0 Å². The molecule has 0 bridgehead atoms. The monoisotopic (exact) mass is 201 g/mol. The fourth-order valence-corrected chi connectivity index (χ4v) is 0.622. The van der Waals surface area contributed by atoms with E-state index >= 15 is 0 Å². The molecule has 0 aromatic heterocycles. The maximum atomic E-state index is 12.7. The molecule has 0 aliphatic carbocycles. The Kier molecular flexibility index (Phi) is 5.03. The van der Waals surface area contributed by atoms with E-state index < -0.39 is 18.2 Å². The van der Waals surface area contributed by atoms with E-state index in [1.807, 2.05) is 0 Å². The highest BCUT2D eigenvalue weighted by atomic mass is 19.3. The lowest BCUT2D eigenvalue weighted by atomic mass is 10.2. The average Bonchev–Trinajstić information content (AvgIpc) is 2.14. The van der Waals surface area contributed by atoms with Crippen molar-refractivity contribution in [3.8, 4) is 12.3 Å². The van der Waals surface area contributed by atoms with Crippen molar-refractivity contribution in [3.63, 3.8) is 0 Å². The summed E-state index contributed by atoms with van der Waals surface area (Å²) in [6.07, 6.45) is 6.69. The number of aliphatic hydroxyl groups excluding tert-OH is 1. The van der Waals surface area contributed by atoms with Crippen LogP contribution in [0.1, 0.15) is 20.3 Å². The van der Waals surface area contributed by atoms with Gasteiger partial charge in [0.05, 0.1) is 5.71 Å². The van der Waals surface area contributed by atoms with Gasteiger partial charge in [0.25, 0.3) is 0 Å². The third-order valence-electron chi connectivity index (χ3n) is 1.59. The van der Waals surface area contributed by atoms with Crippen molar-refractivity contribution >= 4 is 5.71 Å². The van der Waals surface area contributed by atoms with Crippen molar-refractivity contribution in [2.24, 2.45) is 4.99 Å². The highest BCUT2D eigenvalue weighted by Gasteiger charge is 2.31. The van der Waals surface area contributed by atoms with Gasteiger partial charge in [0.2, 0.25) is 0 Å². The predicted molar refractivity (Wildman–Crippen MR) is 52.3 cm³/mol. The average molecular weight is 201 g/mol. The van der Waals surface area contributed by atoms with Crippen molar-refractivity contribution in [1.29, 1.82) is 0 Å². The third kappa shape index (κ3) is 4.15. The van der Waals surface area contributed by atoms with Gasteiger partial charge in [0, 0.05) is 12.6 Å². The molecule has 0 aliphatic rings. The van der Waals surface area contributed by atoms with E-state index in [-0.39, 0.29) is 0 Å². The minimum Gasteiger partial charge on any atom is -0.390 e. The SMILES string of the molecule is C#CC/C(C)=C\N=C(C)C(F)(F)CO. The standard InChI is InChI=1S/C10H13F2NO/c1-4-5-8(2)6-13-9(3)10(11,12)7-14/h1,6,14H,5,7H2,2-3H3/b8-6-,13-9?. The number of aliphatic hydroxyl groups is 1. The summed E-state index contributed by atoms with van der Waals surface area (Å²) in [6.45, 7) is 1.63. The summed E-state index contributed by atoms with van der Waals surface area (Å²) < 4.78 is 25.5. The van der Waals surface area contributed by atoms with Crippen LogP contribution in [0.15, 0.2) is 16.8 Å². The molecule has 0 aromatic rings. The fourth-order valence-electron chi connectivity index (χ4n) is 0.622. The van der Waals surface area contributed by atoms with E-state index in [9.17, 15) is 8.78 Å². The molecule has 4 heteroatoms. The smallest absolute Gasteiger partial charge is 0.308 e. The van der Waals surface area contributed by atoms with Gasteiger partial charge in [-0.25, -0.2) is 0 Å². The summed E-state index contributed by atoms with van der Waals surface area (Å²) in [4.78, 5) is 3.53. The normalized spacial score (nSPS) is 14.0. The molecule has 0 aliphatic heterocycles. The number of hydrogen-bond donors (Lipinski definition) is 1. The first-order valence-corrected chi connectivity index (χ1v) is 4.06. The second-order valence-electron chi connectivity index (χ2n) is 2.93. The van der Waals surface area contributed by atoms with Crippen LogP contribution in [0.4, 0.5) is 8.78 Å². The Morgan fingerprint density at radius 1 is 1.57 bits per heavy atom. The zero-order chi connectivity index (χ0) is 11.2. The van der Waals surface area contributed by atoms with Gasteiger partial charge in [0.1, 0.15) is 6.61 Å². The number of alkyl halides is 2. The molecule has 0 unspecified atom stereocenters. The highest BCUT2D eigenvalue weighted by Crippen LogP contribution is 2.15. The molecule has 0 spiro atoms. The minimum absolute atomic E-state index is 0.376. The molecular weight excluding hydrogens is 188 g/mol. The number of nitrogens with zero attached hydrogens (tertiary/aromatic N) is 1. The maximum absolute atomic E-state index is 12.7. The van der Waals surface area contributed by atoms with E-state index in [1.165, 1.54) is 6.20 Å². The van der Waals surface area contributed by atoms with Crippen LogP contribution in [0.2, 0.25) is 0 Å². The number of allylic oxidation sites excluding steroid dienone is 1. The van der Waals surface area contributed by atoms with Crippen LogP contribution in [0, 0.1) is 12.3 Å². The maximum Gasteiger partial charge on any atom is 0.308 e. The summed E-state index contributed by atoms with van der Waals surface area (Å²) >= 11 is 0. The van der Waals surface area contributed by atoms with Crippen LogP contribution in [0.5, 0.6) is 0 Å². The van der Waals surface area contributed by atoms with Crippen LogP contribution < -0.4 is 0 Å². The van der Waals surface area contributed by atoms with Gasteiger partial charge in [-0.2, -0.15) is 8.78 Å². The topological polar surface area (TPSA) is 32.6 Å². The highest BCUT2D eigenvalue weighted by molar-refractivity contribution is 5.89. The van der Waals surface area contributed by atoms with Crippen molar-refractivity contribution in [2.75, 3.05) is 6.61 Å². The molecule has 0 rings (SSSR count). The number of terminal acetylenes is 1. The Hall–Kier alpha value is -1.21. The summed E-state index contributed by atoms with van der Waals surface area (Å²) in [5.41, 5.74) is 0.303. The summed E-state index contributed by atoms with van der Waals surface area (Å²) in [7, 11) is 0. The van der Waals surface area contributed by atoms with Gasteiger partial charge < -0.3 is 5.11 Å². The third-order valence-corrected chi connectivity index (χ3v) is 1.59. The van der Waals surface area contributed by atoms with Gasteiger partial charge in [-0.05, 0) is 19.4 Å². The Morgan fingerprint density at radius 2 is 2.14 bits per heavy atom. The molecule has 1 N–H and O–H groups in total. The van der Waals surface area contributed by atoms with Crippen molar-refractivity contribution in [3.05, 3.63) is 11.8 Å². The van der Waals surface area contributed by atoms with E-state index in [0.717, 1.165) is 12.5 Å². The van der Waals surface area contributed by atoms with Crippen LogP contribution in [0.25, 0.3) is 0 Å². The van der Waals surface area contributed by atoms with Gasteiger partial charge in [-0.15, -0.1) is 12.3 Å².